The van der Waals surface area contributed by atoms with Crippen molar-refractivity contribution in [3.63, 3.8) is 0 Å². The fourth-order valence-electron chi connectivity index (χ4n) is 2.72. The second-order valence-corrected chi connectivity index (χ2v) is 6.21. The van der Waals surface area contributed by atoms with E-state index in [4.69, 9.17) is 11.6 Å². The third kappa shape index (κ3) is 3.72. The van der Waals surface area contributed by atoms with Gasteiger partial charge in [0.25, 0.3) is 0 Å². The summed E-state index contributed by atoms with van der Waals surface area (Å²) in [5.41, 5.74) is 2.05. The van der Waals surface area contributed by atoms with Crippen LogP contribution in [0, 0.1) is 12.7 Å². The van der Waals surface area contributed by atoms with E-state index < -0.39 is 6.04 Å². The van der Waals surface area contributed by atoms with Crippen LogP contribution >= 0.6 is 11.6 Å². The summed E-state index contributed by atoms with van der Waals surface area (Å²) >= 11 is 6.08. The maximum Gasteiger partial charge on any atom is 0.326 e. The van der Waals surface area contributed by atoms with E-state index >= 15 is 0 Å². The zero-order chi connectivity index (χ0) is 18.0. The van der Waals surface area contributed by atoms with Gasteiger partial charge >= 0.3 is 6.03 Å². The molecule has 0 fully saturated rings. The summed E-state index contributed by atoms with van der Waals surface area (Å²) in [5.74, 6) is -0.454. The molecule has 0 radical (unpaired) electrons. The number of benzene rings is 2. The molecule has 1 aliphatic heterocycles. The summed E-state index contributed by atoms with van der Waals surface area (Å²) in [7, 11) is 0. The van der Waals surface area contributed by atoms with E-state index in [2.05, 4.69) is 5.32 Å². The first-order valence-corrected chi connectivity index (χ1v) is 8.14. The minimum atomic E-state index is -0.488. The summed E-state index contributed by atoms with van der Waals surface area (Å²) < 4.78 is 13.2. The minimum absolute atomic E-state index is 0.0858. The number of carbonyl (C=O) groups excluding carboxylic acids is 2. The highest BCUT2D eigenvalue weighted by atomic mass is 35.5. The predicted molar refractivity (Wildman–Crippen MR) is 95.0 cm³/mol. The first kappa shape index (κ1) is 17.2. The Morgan fingerprint density at radius 2 is 1.96 bits per heavy atom. The van der Waals surface area contributed by atoms with Crippen molar-refractivity contribution in [1.82, 2.24) is 4.90 Å². The molecule has 0 aliphatic carbocycles. The molecule has 0 aromatic heterocycles. The average Bonchev–Trinajstić information content (AvgIpc) is 2.59. The van der Waals surface area contributed by atoms with Gasteiger partial charge in [-0.15, -0.1) is 0 Å². The number of hydrogen-bond donors (Lipinski definition) is 1. The van der Waals surface area contributed by atoms with Crippen molar-refractivity contribution >= 4 is 29.1 Å². The highest BCUT2D eigenvalue weighted by Gasteiger charge is 2.29. The molecule has 4 nitrogen and oxygen atoms in total. The maximum absolute atomic E-state index is 13.2. The smallest absolute Gasteiger partial charge is 0.307 e. The van der Waals surface area contributed by atoms with Crippen molar-refractivity contribution < 1.29 is 14.0 Å². The molecule has 1 N–H and O–H groups in total. The molecule has 1 heterocycles. The first-order chi connectivity index (χ1) is 12.0. The Bertz CT molecular complexity index is 849. The van der Waals surface area contributed by atoms with Crippen molar-refractivity contribution in [2.24, 2.45) is 0 Å². The Hall–Kier alpha value is -2.66. The molecule has 6 heteroatoms. The van der Waals surface area contributed by atoms with Gasteiger partial charge in [0.15, 0.2) is 5.78 Å². The highest BCUT2D eigenvalue weighted by molar-refractivity contribution is 6.31. The Morgan fingerprint density at radius 3 is 2.68 bits per heavy atom. The number of nitrogens with zero attached hydrogens (tertiary/aromatic N) is 1. The van der Waals surface area contributed by atoms with Crippen LogP contribution in [0.1, 0.15) is 23.6 Å². The number of amides is 2. The molecule has 128 valence electrons. The van der Waals surface area contributed by atoms with Gasteiger partial charge in [0.05, 0.1) is 6.04 Å². The molecule has 1 aliphatic rings. The zero-order valence-corrected chi connectivity index (χ0v) is 14.3. The van der Waals surface area contributed by atoms with E-state index in [0.29, 0.717) is 16.3 Å². The molecule has 2 aromatic carbocycles. The number of rotatable bonds is 2. The van der Waals surface area contributed by atoms with Crippen molar-refractivity contribution in [1.29, 1.82) is 0 Å². The highest BCUT2D eigenvalue weighted by Crippen LogP contribution is 2.30. The lowest BCUT2D eigenvalue weighted by atomic mass is 9.97. The monoisotopic (exact) mass is 358 g/mol. The van der Waals surface area contributed by atoms with Gasteiger partial charge in [-0.3, -0.25) is 9.69 Å². The van der Waals surface area contributed by atoms with Gasteiger partial charge in [-0.25, -0.2) is 9.18 Å². The molecule has 0 bridgehead atoms. The van der Waals surface area contributed by atoms with Gasteiger partial charge in [-0.2, -0.15) is 0 Å². The molecule has 1 unspecified atom stereocenters. The summed E-state index contributed by atoms with van der Waals surface area (Å²) in [6.07, 6.45) is 2.96. The van der Waals surface area contributed by atoms with Crippen molar-refractivity contribution in [2.45, 2.75) is 19.4 Å². The number of nitrogens with one attached hydrogen (secondary N) is 1. The topological polar surface area (TPSA) is 49.4 Å². The van der Waals surface area contributed by atoms with E-state index in [1.165, 1.54) is 29.3 Å². The normalized spacial score (nSPS) is 16.8. The quantitative estimate of drug-likeness (QED) is 0.834. The van der Waals surface area contributed by atoms with E-state index in [1.54, 1.807) is 30.3 Å². The molecule has 25 heavy (non-hydrogen) atoms. The van der Waals surface area contributed by atoms with Gasteiger partial charge in [0.1, 0.15) is 5.82 Å². The zero-order valence-electron chi connectivity index (χ0n) is 13.5. The van der Waals surface area contributed by atoms with Crippen LogP contribution in [0.25, 0.3) is 0 Å². The van der Waals surface area contributed by atoms with Crippen LogP contribution in [0.3, 0.4) is 0 Å². The largest absolute Gasteiger partial charge is 0.326 e. The van der Waals surface area contributed by atoms with Gasteiger partial charge < -0.3 is 5.32 Å². The van der Waals surface area contributed by atoms with E-state index in [0.717, 1.165) is 5.56 Å². The van der Waals surface area contributed by atoms with Crippen molar-refractivity contribution in [2.75, 3.05) is 5.32 Å². The number of halogens is 2. The van der Waals surface area contributed by atoms with Crippen LogP contribution in [0.4, 0.5) is 14.9 Å². The van der Waals surface area contributed by atoms with Gasteiger partial charge in [-0.1, -0.05) is 29.8 Å². The standard InChI is InChI=1S/C19H16ClFN2O2/c1-12-16(20)3-2-4-17(12)22-19(25)23-10-9-15(24)11-18(23)13-5-7-14(21)8-6-13/h2-10,18H,11H2,1H3,(H,22,25). The van der Waals surface area contributed by atoms with Gasteiger partial charge in [-0.05, 0) is 48.4 Å². The number of ketones is 1. The maximum atomic E-state index is 13.2. The lowest BCUT2D eigenvalue weighted by molar-refractivity contribution is -0.116. The van der Waals surface area contributed by atoms with Crippen LogP contribution in [0.5, 0.6) is 0 Å². The van der Waals surface area contributed by atoms with Crippen LogP contribution in [0.2, 0.25) is 5.02 Å². The number of carbonyl (C=O) groups is 2. The fraction of sp³-hybridized carbons (Fsp3) is 0.158. The van der Waals surface area contributed by atoms with E-state index in [-0.39, 0.29) is 24.1 Å². The Balaban J connectivity index is 1.88. The molecule has 1 atom stereocenters. The molecular formula is C19H16ClFN2O2. The summed E-state index contributed by atoms with van der Waals surface area (Å²) in [6.45, 7) is 1.81. The Labute approximate surface area is 149 Å². The lowest BCUT2D eigenvalue weighted by Crippen LogP contribution is -2.37. The second-order valence-electron chi connectivity index (χ2n) is 5.80. The molecular weight excluding hydrogens is 343 g/mol. The van der Waals surface area contributed by atoms with Crippen molar-refractivity contribution in [3.8, 4) is 0 Å². The van der Waals surface area contributed by atoms with Crippen LogP contribution in [-0.4, -0.2) is 16.7 Å². The molecule has 0 saturated carbocycles. The van der Waals surface area contributed by atoms with E-state index in [1.807, 2.05) is 6.92 Å². The average molecular weight is 359 g/mol. The van der Waals surface area contributed by atoms with Crippen LogP contribution < -0.4 is 5.32 Å². The minimum Gasteiger partial charge on any atom is -0.307 e. The van der Waals surface area contributed by atoms with Crippen LogP contribution in [0.15, 0.2) is 54.7 Å². The summed E-state index contributed by atoms with van der Waals surface area (Å²) in [4.78, 5) is 26.0. The summed E-state index contributed by atoms with van der Waals surface area (Å²) in [5, 5.41) is 3.37. The third-order valence-electron chi connectivity index (χ3n) is 4.15. The predicted octanol–water partition coefficient (Wildman–Crippen LogP) is 4.85. The van der Waals surface area contributed by atoms with Crippen molar-refractivity contribution in [3.05, 3.63) is 76.7 Å². The molecule has 0 spiro atoms. The first-order valence-electron chi connectivity index (χ1n) is 7.76. The molecule has 3 rings (SSSR count). The molecule has 2 aromatic rings. The second kappa shape index (κ2) is 7.07. The van der Waals surface area contributed by atoms with Gasteiger partial charge in [0.2, 0.25) is 0 Å². The number of allylic oxidation sites excluding steroid dienone is 1. The fourth-order valence-corrected chi connectivity index (χ4v) is 2.89. The SMILES string of the molecule is Cc1c(Cl)cccc1NC(=O)N1C=CC(=O)CC1c1ccc(F)cc1. The summed E-state index contributed by atoms with van der Waals surface area (Å²) in [6, 6.07) is 10.2. The molecule has 0 saturated heterocycles. The number of anilines is 1. The van der Waals surface area contributed by atoms with Gasteiger partial charge in [0, 0.05) is 23.3 Å². The van der Waals surface area contributed by atoms with Crippen LogP contribution in [-0.2, 0) is 4.79 Å². The third-order valence-corrected chi connectivity index (χ3v) is 4.56. The van der Waals surface area contributed by atoms with E-state index in [9.17, 15) is 14.0 Å². The number of urea groups is 1. The lowest BCUT2D eigenvalue weighted by Gasteiger charge is -2.31. The molecule has 2 amide bonds. The Kier molecular flexibility index (Phi) is 4.86. The Morgan fingerprint density at radius 1 is 1.24 bits per heavy atom. The number of hydrogen-bond acceptors (Lipinski definition) is 2.